The Hall–Kier alpha value is -1.64. The summed E-state index contributed by atoms with van der Waals surface area (Å²) in [6.07, 6.45) is -4.45. The molecule has 0 amide bonds. The van der Waals surface area contributed by atoms with Gasteiger partial charge in [-0.3, -0.25) is 5.43 Å². The van der Waals surface area contributed by atoms with Gasteiger partial charge < -0.3 is 5.32 Å². The minimum absolute atomic E-state index is 0.0234. The first-order valence-corrected chi connectivity index (χ1v) is 4.72. The van der Waals surface area contributed by atoms with Crippen molar-refractivity contribution in [3.05, 3.63) is 12.0 Å². The zero-order valence-corrected chi connectivity index (χ0v) is 8.68. The molecule has 17 heavy (non-hydrogen) atoms. The Morgan fingerprint density at radius 1 is 1.35 bits per heavy atom. The van der Waals surface area contributed by atoms with Crippen LogP contribution in [0.25, 0.3) is 0 Å². The van der Waals surface area contributed by atoms with Crippen LogP contribution in [0.3, 0.4) is 0 Å². The molecule has 5 nitrogen and oxygen atoms in total. The summed E-state index contributed by atoms with van der Waals surface area (Å²) in [5.41, 5.74) is 2.10. The van der Waals surface area contributed by atoms with E-state index in [0.717, 1.165) is 6.20 Å². The van der Waals surface area contributed by atoms with Gasteiger partial charge in [0.25, 0.3) is 0 Å². The third-order valence-electron chi connectivity index (χ3n) is 1.80. The maximum absolute atomic E-state index is 13.1. The lowest BCUT2D eigenvalue weighted by Gasteiger charge is -2.09. The van der Waals surface area contributed by atoms with Gasteiger partial charge in [-0.15, -0.1) is 0 Å². The zero-order chi connectivity index (χ0) is 12.9. The Bertz CT molecular complexity index is 367. The van der Waals surface area contributed by atoms with Crippen LogP contribution in [0.1, 0.15) is 12.8 Å². The fourth-order valence-electron chi connectivity index (χ4n) is 1.06. The van der Waals surface area contributed by atoms with Gasteiger partial charge in [-0.05, 0) is 6.42 Å². The maximum Gasteiger partial charge on any atom is 0.389 e. The molecule has 0 unspecified atom stereocenters. The number of hydrogen-bond donors (Lipinski definition) is 3. The molecule has 4 N–H and O–H groups in total. The number of nitrogens with one attached hydrogen (secondary N) is 2. The van der Waals surface area contributed by atoms with Crippen molar-refractivity contribution in [1.82, 2.24) is 9.97 Å². The Morgan fingerprint density at radius 2 is 2.06 bits per heavy atom. The number of anilines is 2. The first-order valence-electron chi connectivity index (χ1n) is 4.72. The van der Waals surface area contributed by atoms with E-state index in [-0.39, 0.29) is 24.7 Å². The van der Waals surface area contributed by atoms with E-state index in [2.05, 4.69) is 20.7 Å². The molecule has 0 spiro atoms. The van der Waals surface area contributed by atoms with Crippen molar-refractivity contribution >= 4 is 11.8 Å². The molecule has 0 radical (unpaired) electrons. The minimum atomic E-state index is -4.21. The fraction of sp³-hybridized carbons (Fsp3) is 0.500. The van der Waals surface area contributed by atoms with Crippen LogP contribution in [0, 0.1) is 5.82 Å². The molecule has 96 valence electrons. The molecule has 1 rings (SSSR count). The van der Waals surface area contributed by atoms with Crippen LogP contribution < -0.4 is 16.6 Å². The molecule has 0 fully saturated rings. The summed E-state index contributed by atoms with van der Waals surface area (Å²) >= 11 is 0. The van der Waals surface area contributed by atoms with Crippen molar-refractivity contribution in [2.24, 2.45) is 5.84 Å². The van der Waals surface area contributed by atoms with Gasteiger partial charge >= 0.3 is 6.18 Å². The van der Waals surface area contributed by atoms with Crippen molar-refractivity contribution in [3.63, 3.8) is 0 Å². The van der Waals surface area contributed by atoms with E-state index in [1.807, 2.05) is 0 Å². The lowest BCUT2D eigenvalue weighted by atomic mass is 10.3. The van der Waals surface area contributed by atoms with Gasteiger partial charge in [-0.25, -0.2) is 15.2 Å². The summed E-state index contributed by atoms with van der Waals surface area (Å²) in [5, 5.41) is 2.44. The highest BCUT2D eigenvalue weighted by Gasteiger charge is 2.25. The third kappa shape index (κ3) is 4.81. The average molecular weight is 253 g/mol. The second-order valence-corrected chi connectivity index (χ2v) is 3.18. The van der Waals surface area contributed by atoms with Crippen LogP contribution in [-0.2, 0) is 0 Å². The highest BCUT2D eigenvalue weighted by molar-refractivity contribution is 5.40. The molecule has 0 aliphatic carbocycles. The largest absolute Gasteiger partial charge is 0.389 e. The molecule has 1 aromatic heterocycles. The topological polar surface area (TPSA) is 75.9 Å². The van der Waals surface area contributed by atoms with Gasteiger partial charge in [0, 0.05) is 13.0 Å². The number of nitrogen functional groups attached to an aromatic ring is 1. The lowest BCUT2D eigenvalue weighted by Crippen LogP contribution is -2.15. The van der Waals surface area contributed by atoms with Crippen LogP contribution >= 0.6 is 0 Å². The summed E-state index contributed by atoms with van der Waals surface area (Å²) in [6, 6.07) is 0. The predicted octanol–water partition coefficient (Wildman–Crippen LogP) is 1.66. The number of halogens is 4. The summed E-state index contributed by atoms with van der Waals surface area (Å²) in [7, 11) is 0. The van der Waals surface area contributed by atoms with Gasteiger partial charge in [-0.2, -0.15) is 18.2 Å². The molecular weight excluding hydrogens is 242 g/mol. The number of nitrogens with two attached hydrogens (primary N) is 1. The van der Waals surface area contributed by atoms with Crippen molar-refractivity contribution in [2.45, 2.75) is 19.0 Å². The second-order valence-electron chi connectivity index (χ2n) is 3.18. The molecular formula is C8H11F4N5. The number of nitrogens with zero attached hydrogens (tertiary/aromatic N) is 2. The van der Waals surface area contributed by atoms with E-state index < -0.39 is 18.4 Å². The Kier molecular flexibility index (Phi) is 4.44. The first-order chi connectivity index (χ1) is 7.92. The van der Waals surface area contributed by atoms with E-state index in [1.54, 1.807) is 0 Å². The second kappa shape index (κ2) is 5.62. The Labute approximate surface area is 94.4 Å². The molecule has 1 aromatic rings. The zero-order valence-electron chi connectivity index (χ0n) is 8.68. The number of hydrogen-bond acceptors (Lipinski definition) is 5. The Balaban J connectivity index is 2.46. The van der Waals surface area contributed by atoms with Gasteiger partial charge in [0.1, 0.15) is 0 Å². The molecule has 0 aliphatic rings. The summed E-state index contributed by atoms with van der Waals surface area (Å²) < 4.78 is 48.6. The smallest absolute Gasteiger partial charge is 0.367 e. The molecule has 0 aliphatic heterocycles. The highest BCUT2D eigenvalue weighted by Crippen LogP contribution is 2.21. The molecule has 0 atom stereocenters. The quantitative estimate of drug-likeness (QED) is 0.322. The van der Waals surface area contributed by atoms with Crippen molar-refractivity contribution in [2.75, 3.05) is 17.3 Å². The fourth-order valence-corrected chi connectivity index (χ4v) is 1.06. The molecule has 1 heterocycles. The Morgan fingerprint density at radius 3 is 2.65 bits per heavy atom. The van der Waals surface area contributed by atoms with Gasteiger partial charge in [0.15, 0.2) is 11.6 Å². The van der Waals surface area contributed by atoms with E-state index in [0.29, 0.717) is 0 Å². The minimum Gasteiger partial charge on any atom is -0.367 e. The molecule has 9 heteroatoms. The predicted molar refractivity (Wildman–Crippen MR) is 53.6 cm³/mol. The molecule has 0 saturated carbocycles. The standard InChI is InChI=1S/C8H11F4N5/c9-5-4-15-7(17-13)16-6(5)14-3-1-2-8(10,11)12/h4H,1-3,13H2,(H2,14,15,16,17). The van der Waals surface area contributed by atoms with Crippen LogP contribution in [0.2, 0.25) is 0 Å². The number of rotatable bonds is 5. The van der Waals surface area contributed by atoms with E-state index in [4.69, 9.17) is 5.84 Å². The number of aromatic nitrogens is 2. The summed E-state index contributed by atoms with van der Waals surface area (Å²) in [5.74, 6) is 4.04. The van der Waals surface area contributed by atoms with Gasteiger partial charge in [0.2, 0.25) is 5.95 Å². The lowest BCUT2D eigenvalue weighted by molar-refractivity contribution is -0.134. The molecule has 0 aromatic carbocycles. The van der Waals surface area contributed by atoms with E-state index in [9.17, 15) is 17.6 Å². The summed E-state index contributed by atoms with van der Waals surface area (Å²) in [4.78, 5) is 7.09. The average Bonchev–Trinajstić information content (AvgIpc) is 2.25. The van der Waals surface area contributed by atoms with Crippen molar-refractivity contribution in [3.8, 4) is 0 Å². The number of hydrazine groups is 1. The maximum atomic E-state index is 13.1. The van der Waals surface area contributed by atoms with Crippen LogP contribution in [0.5, 0.6) is 0 Å². The van der Waals surface area contributed by atoms with Crippen LogP contribution in [0.15, 0.2) is 6.20 Å². The molecule has 0 saturated heterocycles. The van der Waals surface area contributed by atoms with Crippen LogP contribution in [0.4, 0.5) is 29.3 Å². The third-order valence-corrected chi connectivity index (χ3v) is 1.80. The van der Waals surface area contributed by atoms with Crippen molar-refractivity contribution in [1.29, 1.82) is 0 Å². The normalized spacial score (nSPS) is 11.4. The van der Waals surface area contributed by atoms with Gasteiger partial charge in [-0.1, -0.05) is 0 Å². The number of alkyl halides is 3. The van der Waals surface area contributed by atoms with Crippen molar-refractivity contribution < 1.29 is 17.6 Å². The van der Waals surface area contributed by atoms with E-state index >= 15 is 0 Å². The van der Waals surface area contributed by atoms with Crippen LogP contribution in [-0.4, -0.2) is 22.7 Å². The van der Waals surface area contributed by atoms with E-state index in [1.165, 1.54) is 0 Å². The van der Waals surface area contributed by atoms with Gasteiger partial charge in [0.05, 0.1) is 6.20 Å². The first kappa shape index (κ1) is 13.4. The highest BCUT2D eigenvalue weighted by atomic mass is 19.4. The monoisotopic (exact) mass is 253 g/mol. The summed E-state index contributed by atoms with van der Waals surface area (Å²) in [6.45, 7) is -0.0442. The molecule has 0 bridgehead atoms. The SMILES string of the molecule is NNc1ncc(F)c(NCCCC(F)(F)F)n1.